The molecule has 2 heterocycles. The van der Waals surface area contributed by atoms with E-state index in [1.165, 1.54) is 11.8 Å². The number of guanidine groups is 1. The number of fused-ring (bicyclic) bond motifs is 1. The third-order valence-corrected chi connectivity index (χ3v) is 9.27. The molecule has 1 saturated heterocycles. The van der Waals surface area contributed by atoms with Crippen molar-refractivity contribution in [1.82, 2.24) is 20.4 Å². The Morgan fingerprint density at radius 3 is 2.73 bits per heavy atom. The predicted octanol–water partition coefficient (Wildman–Crippen LogP) is 1.37. The number of nitrogens with zero attached hydrogens (tertiary/aromatic N) is 3. The number of aryl methyl sites for hydroxylation is 1. The Morgan fingerprint density at radius 2 is 2.05 bits per heavy atom. The van der Waals surface area contributed by atoms with Crippen LogP contribution in [0.2, 0.25) is 0 Å². The summed E-state index contributed by atoms with van der Waals surface area (Å²) < 4.78 is 18.4. The number of hydrogen-bond donors (Lipinski definition) is 4. The Morgan fingerprint density at radius 1 is 1.30 bits per heavy atom. The zero-order valence-corrected chi connectivity index (χ0v) is 26.6. The number of hydrogen-bond acceptors (Lipinski definition) is 8. The first kappa shape index (κ1) is 32.9. The molecule has 242 valence electrons. The molecule has 1 aromatic carbocycles. The Bertz CT molecular complexity index is 1310. The van der Waals surface area contributed by atoms with E-state index in [1.54, 1.807) is 14.2 Å². The maximum absolute atomic E-state index is 13.3. The summed E-state index contributed by atoms with van der Waals surface area (Å²) in [6, 6.07) is 3.56. The van der Waals surface area contributed by atoms with Crippen LogP contribution in [0.1, 0.15) is 50.7 Å². The highest BCUT2D eigenvalue weighted by Gasteiger charge is 2.62. The van der Waals surface area contributed by atoms with Gasteiger partial charge < -0.3 is 46.1 Å². The largest absolute Gasteiger partial charge is 0.493 e. The van der Waals surface area contributed by atoms with Crippen molar-refractivity contribution in [2.24, 2.45) is 22.4 Å². The maximum Gasteiger partial charge on any atom is 0.414 e. The first-order chi connectivity index (χ1) is 20.9. The van der Waals surface area contributed by atoms with Gasteiger partial charge >= 0.3 is 6.09 Å². The lowest BCUT2D eigenvalue weighted by Gasteiger charge is -2.53. The number of carbonyl (C=O) groups is 3. The summed E-state index contributed by atoms with van der Waals surface area (Å²) in [5.41, 5.74) is 12.6. The van der Waals surface area contributed by atoms with Gasteiger partial charge in [-0.25, -0.2) is 4.79 Å². The molecular weight excluding hydrogens is 566 g/mol. The number of nitrogens with two attached hydrogens (primary N) is 2. The summed E-state index contributed by atoms with van der Waals surface area (Å²) in [5.74, 6) is 1.47. The summed E-state index contributed by atoms with van der Waals surface area (Å²) >= 11 is 0. The minimum atomic E-state index is -0.742. The smallest absolute Gasteiger partial charge is 0.414 e. The number of likely N-dealkylation sites (tertiary alicyclic amines) is 1. The molecule has 0 saturated carbocycles. The minimum Gasteiger partial charge on any atom is -0.493 e. The second-order valence-corrected chi connectivity index (χ2v) is 12.0. The Balaban J connectivity index is 1.42. The van der Waals surface area contributed by atoms with Crippen LogP contribution < -0.4 is 31.6 Å². The van der Waals surface area contributed by atoms with Crippen molar-refractivity contribution >= 4 is 23.9 Å². The molecule has 3 amide bonds. The maximum atomic E-state index is 13.3. The van der Waals surface area contributed by atoms with Crippen LogP contribution in [0, 0.1) is 12.8 Å². The fraction of sp³-hybridized carbons (Fsp3) is 0.613. The molecule has 6 N–H and O–H groups in total. The van der Waals surface area contributed by atoms with Crippen LogP contribution in [0.15, 0.2) is 29.0 Å². The highest BCUT2D eigenvalue weighted by molar-refractivity contribution is 5.86. The van der Waals surface area contributed by atoms with E-state index >= 15 is 0 Å². The molecule has 4 rings (SSSR count). The van der Waals surface area contributed by atoms with Gasteiger partial charge in [-0.2, -0.15) is 0 Å². The number of rotatable bonds is 11. The molecule has 3 aliphatic rings. The van der Waals surface area contributed by atoms with Gasteiger partial charge in [-0.3, -0.25) is 14.6 Å². The summed E-state index contributed by atoms with van der Waals surface area (Å²) in [6.07, 6.45) is 3.47. The minimum absolute atomic E-state index is 0.0285. The van der Waals surface area contributed by atoms with Crippen molar-refractivity contribution < 1.29 is 28.6 Å². The summed E-state index contributed by atoms with van der Waals surface area (Å²) in [6.45, 7) is 7.31. The molecular formula is C31H47N7O6. The van der Waals surface area contributed by atoms with Gasteiger partial charge in [-0.1, -0.05) is 6.07 Å². The van der Waals surface area contributed by atoms with E-state index in [-0.39, 0.29) is 42.2 Å². The van der Waals surface area contributed by atoms with Crippen molar-refractivity contribution in [2.45, 2.75) is 70.1 Å². The van der Waals surface area contributed by atoms with Gasteiger partial charge in [0.05, 0.1) is 7.11 Å². The van der Waals surface area contributed by atoms with Crippen LogP contribution in [0.25, 0.3) is 0 Å². The molecule has 1 fully saturated rings. The van der Waals surface area contributed by atoms with Gasteiger partial charge in [0.15, 0.2) is 23.6 Å². The number of ether oxygens (including phenoxy) is 3. The molecule has 44 heavy (non-hydrogen) atoms. The van der Waals surface area contributed by atoms with Crippen molar-refractivity contribution in [1.29, 1.82) is 0 Å². The molecule has 0 unspecified atom stereocenters. The first-order valence-corrected chi connectivity index (χ1v) is 15.2. The lowest BCUT2D eigenvalue weighted by atomic mass is 9.57. The normalized spacial score (nSPS) is 24.3. The third kappa shape index (κ3) is 6.57. The highest BCUT2D eigenvalue weighted by Crippen LogP contribution is 2.61. The monoisotopic (exact) mass is 613 g/mol. The molecule has 1 aromatic rings. The fourth-order valence-corrected chi connectivity index (χ4v) is 6.92. The third-order valence-electron chi connectivity index (χ3n) is 9.27. The average Bonchev–Trinajstić information content (AvgIpc) is 3.33. The molecule has 2 aliphatic heterocycles. The number of allylic oxidation sites excluding steroid dienone is 1. The first-order valence-electron chi connectivity index (χ1n) is 15.2. The number of carbonyl (C=O) groups excluding carboxylic acids is 3. The molecule has 0 radical (unpaired) electrons. The van der Waals surface area contributed by atoms with Crippen LogP contribution in [0.4, 0.5) is 4.79 Å². The predicted molar refractivity (Wildman–Crippen MR) is 166 cm³/mol. The molecule has 13 nitrogen and oxygen atoms in total. The highest BCUT2D eigenvalue weighted by atomic mass is 16.6. The zero-order valence-electron chi connectivity index (χ0n) is 26.6. The van der Waals surface area contributed by atoms with E-state index in [0.29, 0.717) is 36.9 Å². The number of amides is 3. The molecule has 13 heteroatoms. The van der Waals surface area contributed by atoms with Crippen LogP contribution in [-0.2, 0) is 19.7 Å². The van der Waals surface area contributed by atoms with Crippen molar-refractivity contribution in [3.8, 4) is 11.5 Å². The SMILES string of the molecule is COc1ccc(C)c2c1O[C@H]1C(OC(=O)N(C)CCNC(=O)[C@H](CCCN=C(N)N)NC(C)=O)=CC[C@H]3[C@@H](C)N(C)CC[C@]213. The lowest BCUT2D eigenvalue weighted by molar-refractivity contribution is -0.128. The van der Waals surface area contributed by atoms with Gasteiger partial charge in [0.2, 0.25) is 11.8 Å². The van der Waals surface area contributed by atoms with Gasteiger partial charge in [0.1, 0.15) is 11.8 Å². The Hall–Kier alpha value is -4.00. The number of piperidine rings is 1. The molecule has 0 aromatic heterocycles. The lowest BCUT2D eigenvalue weighted by Crippen LogP contribution is -2.60. The molecule has 0 bridgehead atoms. The van der Waals surface area contributed by atoms with E-state index < -0.39 is 18.2 Å². The quantitative estimate of drug-likeness (QED) is 0.163. The summed E-state index contributed by atoms with van der Waals surface area (Å²) in [5, 5.41) is 5.45. The molecule has 1 aliphatic carbocycles. The zero-order chi connectivity index (χ0) is 32.2. The number of nitrogens with one attached hydrogen (secondary N) is 2. The van der Waals surface area contributed by atoms with Crippen LogP contribution >= 0.6 is 0 Å². The van der Waals surface area contributed by atoms with Crippen molar-refractivity contribution in [2.75, 3.05) is 47.4 Å². The van der Waals surface area contributed by atoms with Gasteiger partial charge in [0, 0.05) is 50.6 Å². The van der Waals surface area contributed by atoms with Gasteiger partial charge in [-0.05, 0) is 76.7 Å². The van der Waals surface area contributed by atoms with E-state index in [4.69, 9.17) is 25.7 Å². The Labute approximate surface area is 259 Å². The second-order valence-electron chi connectivity index (χ2n) is 12.0. The number of benzene rings is 1. The topological polar surface area (TPSA) is 174 Å². The van der Waals surface area contributed by atoms with Crippen LogP contribution in [0.5, 0.6) is 11.5 Å². The van der Waals surface area contributed by atoms with Crippen molar-refractivity contribution in [3.63, 3.8) is 0 Å². The van der Waals surface area contributed by atoms with E-state index in [2.05, 4.69) is 47.5 Å². The average molecular weight is 614 g/mol. The number of methoxy groups -OCH3 is 1. The number of aliphatic imine (C=N–C) groups is 1. The fourth-order valence-electron chi connectivity index (χ4n) is 6.92. The summed E-state index contributed by atoms with van der Waals surface area (Å²) in [7, 11) is 5.41. The Kier molecular flexibility index (Phi) is 10.3. The van der Waals surface area contributed by atoms with Gasteiger partial charge in [-0.15, -0.1) is 0 Å². The van der Waals surface area contributed by atoms with Crippen molar-refractivity contribution in [3.05, 3.63) is 35.1 Å². The van der Waals surface area contributed by atoms with E-state index in [9.17, 15) is 14.4 Å². The summed E-state index contributed by atoms with van der Waals surface area (Å²) in [4.78, 5) is 45.4. The van der Waals surface area contributed by atoms with E-state index in [1.807, 2.05) is 12.1 Å². The van der Waals surface area contributed by atoms with Gasteiger partial charge in [0.25, 0.3) is 0 Å². The van der Waals surface area contributed by atoms with E-state index in [0.717, 1.165) is 36.3 Å². The van der Waals surface area contributed by atoms with Crippen LogP contribution in [-0.4, -0.2) is 99.2 Å². The van der Waals surface area contributed by atoms with Crippen LogP contribution in [0.3, 0.4) is 0 Å². The number of likely N-dealkylation sites (N-methyl/N-ethyl adjacent to an activating group) is 1. The molecule has 5 atom stereocenters. The molecule has 1 spiro atoms. The standard InChI is InChI=1S/C31H47N7O6/c1-18-9-11-23(42-6)26-25(18)31-13-16-37(4)19(2)21(31)10-12-24(27(31)44-26)43-30(41)38(5)17-15-34-28(40)22(36-20(3)39)8-7-14-35-29(32)33/h9,11-12,19,21-22,27H,7-8,10,13-17H2,1-6H3,(H,34,40)(H,36,39)(H4,32,33,35)/t19-,21+,22+,27+,31+/m1/s1. The second kappa shape index (κ2) is 13.7.